The Bertz CT molecular complexity index is 314. The van der Waals surface area contributed by atoms with Crippen LogP contribution < -0.4 is 5.32 Å². The molecule has 1 unspecified atom stereocenters. The van der Waals surface area contributed by atoms with Crippen molar-refractivity contribution in [2.24, 2.45) is 5.92 Å². The minimum atomic E-state index is 0.604. The van der Waals surface area contributed by atoms with Crippen LogP contribution in [0.25, 0.3) is 0 Å². The summed E-state index contributed by atoms with van der Waals surface area (Å²) in [4.78, 5) is 0. The van der Waals surface area contributed by atoms with Gasteiger partial charge >= 0.3 is 0 Å². The highest BCUT2D eigenvalue weighted by Gasteiger charge is 2.23. The van der Waals surface area contributed by atoms with Gasteiger partial charge in [-0.2, -0.15) is 11.3 Å². The maximum absolute atomic E-state index is 3.70. The second-order valence-corrected chi connectivity index (χ2v) is 5.78. The van der Waals surface area contributed by atoms with E-state index < -0.39 is 0 Å². The molecule has 1 aromatic heterocycles. The quantitative estimate of drug-likeness (QED) is 0.746. The summed E-state index contributed by atoms with van der Waals surface area (Å²) in [5.41, 5.74) is 3.01. The van der Waals surface area contributed by atoms with Crippen LogP contribution in [0.4, 0.5) is 0 Å². The van der Waals surface area contributed by atoms with Crippen molar-refractivity contribution in [3.8, 4) is 0 Å². The average Bonchev–Trinajstić information content (AvgIpc) is 3.02. The van der Waals surface area contributed by atoms with Gasteiger partial charge in [0.2, 0.25) is 0 Å². The zero-order chi connectivity index (χ0) is 11.4. The molecule has 1 aliphatic rings. The maximum Gasteiger partial charge on any atom is 0.0331 e. The molecule has 0 spiro atoms. The second-order valence-electron chi connectivity index (χ2n) is 5.04. The lowest BCUT2D eigenvalue weighted by atomic mass is 10.00. The summed E-state index contributed by atoms with van der Waals surface area (Å²) in [5, 5.41) is 8.30. The van der Waals surface area contributed by atoms with Crippen LogP contribution in [0.15, 0.2) is 10.8 Å². The summed E-state index contributed by atoms with van der Waals surface area (Å²) in [6, 6.07) is 0.604. The predicted molar refractivity (Wildman–Crippen MR) is 72.0 cm³/mol. The zero-order valence-electron chi connectivity index (χ0n) is 10.5. The van der Waals surface area contributed by atoms with E-state index in [4.69, 9.17) is 0 Å². The van der Waals surface area contributed by atoms with E-state index >= 15 is 0 Å². The van der Waals surface area contributed by atoms with Crippen molar-refractivity contribution in [1.82, 2.24) is 5.32 Å². The molecular weight excluding hydrogens is 214 g/mol. The summed E-state index contributed by atoms with van der Waals surface area (Å²) in [6.07, 6.45) is 6.91. The largest absolute Gasteiger partial charge is 0.310 e. The number of rotatable bonds is 7. The van der Waals surface area contributed by atoms with Gasteiger partial charge in [-0.3, -0.25) is 0 Å². The van der Waals surface area contributed by atoms with Crippen LogP contribution in [0.2, 0.25) is 0 Å². The van der Waals surface area contributed by atoms with Gasteiger partial charge < -0.3 is 5.32 Å². The fourth-order valence-corrected chi connectivity index (χ4v) is 3.13. The molecule has 0 bridgehead atoms. The first-order chi connectivity index (χ1) is 7.81. The van der Waals surface area contributed by atoms with Crippen molar-refractivity contribution in [2.75, 3.05) is 6.54 Å². The van der Waals surface area contributed by atoms with Crippen LogP contribution >= 0.6 is 11.3 Å². The van der Waals surface area contributed by atoms with Crippen LogP contribution in [0, 0.1) is 12.8 Å². The van der Waals surface area contributed by atoms with Gasteiger partial charge in [0, 0.05) is 6.04 Å². The first-order valence-electron chi connectivity index (χ1n) is 6.57. The van der Waals surface area contributed by atoms with Crippen LogP contribution in [0.3, 0.4) is 0 Å². The molecule has 1 saturated carbocycles. The Morgan fingerprint density at radius 1 is 1.44 bits per heavy atom. The number of aryl methyl sites for hydroxylation is 1. The highest BCUT2D eigenvalue weighted by molar-refractivity contribution is 7.08. The molecule has 1 heterocycles. The van der Waals surface area contributed by atoms with Gasteiger partial charge in [0.1, 0.15) is 0 Å². The molecule has 1 aromatic rings. The highest BCUT2D eigenvalue weighted by Crippen LogP contribution is 2.36. The fraction of sp³-hybridized carbons (Fsp3) is 0.714. The molecule has 0 aliphatic heterocycles. The van der Waals surface area contributed by atoms with E-state index in [1.54, 1.807) is 5.56 Å². The van der Waals surface area contributed by atoms with Gasteiger partial charge in [-0.25, -0.2) is 0 Å². The molecule has 2 heteroatoms. The number of hydrogen-bond donors (Lipinski definition) is 1. The van der Waals surface area contributed by atoms with Gasteiger partial charge in [-0.1, -0.05) is 19.8 Å². The second kappa shape index (κ2) is 5.83. The molecule has 0 saturated heterocycles. The molecule has 0 aromatic carbocycles. The van der Waals surface area contributed by atoms with Crippen molar-refractivity contribution in [1.29, 1.82) is 0 Å². The molecule has 1 N–H and O–H groups in total. The van der Waals surface area contributed by atoms with Crippen molar-refractivity contribution in [3.05, 3.63) is 21.9 Å². The van der Waals surface area contributed by atoms with Gasteiger partial charge in [0.25, 0.3) is 0 Å². The lowest BCUT2D eigenvalue weighted by Gasteiger charge is -2.18. The Balaban J connectivity index is 1.92. The molecule has 1 aliphatic carbocycles. The molecule has 16 heavy (non-hydrogen) atoms. The first-order valence-corrected chi connectivity index (χ1v) is 7.51. The Hall–Kier alpha value is -0.340. The van der Waals surface area contributed by atoms with Crippen molar-refractivity contribution < 1.29 is 0 Å². The minimum Gasteiger partial charge on any atom is -0.310 e. The molecule has 1 nitrogen and oxygen atoms in total. The first kappa shape index (κ1) is 12.1. The average molecular weight is 237 g/mol. The van der Waals surface area contributed by atoms with Crippen molar-refractivity contribution >= 4 is 11.3 Å². The number of hydrogen-bond acceptors (Lipinski definition) is 2. The predicted octanol–water partition coefficient (Wildman–Crippen LogP) is 4.29. The monoisotopic (exact) mass is 237 g/mol. The van der Waals surface area contributed by atoms with E-state index in [1.165, 1.54) is 37.7 Å². The Morgan fingerprint density at radius 3 is 2.81 bits per heavy atom. The van der Waals surface area contributed by atoms with Gasteiger partial charge in [-0.15, -0.1) is 0 Å². The summed E-state index contributed by atoms with van der Waals surface area (Å²) in [6.45, 7) is 5.62. The Labute approximate surface area is 103 Å². The third-order valence-electron chi connectivity index (χ3n) is 3.47. The normalized spacial score (nSPS) is 17.6. The van der Waals surface area contributed by atoms with Gasteiger partial charge in [-0.05, 0) is 60.5 Å². The summed E-state index contributed by atoms with van der Waals surface area (Å²) < 4.78 is 0. The Morgan fingerprint density at radius 2 is 2.25 bits per heavy atom. The number of nitrogens with one attached hydrogen (secondary N) is 1. The van der Waals surface area contributed by atoms with Crippen molar-refractivity contribution in [3.63, 3.8) is 0 Å². The van der Waals surface area contributed by atoms with Gasteiger partial charge in [0.15, 0.2) is 0 Å². The molecule has 0 amide bonds. The molecular formula is C14H23NS. The van der Waals surface area contributed by atoms with Crippen LogP contribution in [0.5, 0.6) is 0 Å². The minimum absolute atomic E-state index is 0.604. The van der Waals surface area contributed by atoms with E-state index in [9.17, 15) is 0 Å². The smallest absolute Gasteiger partial charge is 0.0331 e. The highest BCUT2D eigenvalue weighted by atomic mass is 32.1. The van der Waals surface area contributed by atoms with E-state index in [-0.39, 0.29) is 0 Å². The topological polar surface area (TPSA) is 12.0 Å². The summed E-state index contributed by atoms with van der Waals surface area (Å²) >= 11 is 1.84. The molecule has 2 rings (SSSR count). The zero-order valence-corrected chi connectivity index (χ0v) is 11.3. The van der Waals surface area contributed by atoms with E-state index in [2.05, 4.69) is 29.9 Å². The summed E-state index contributed by atoms with van der Waals surface area (Å²) in [5.74, 6) is 1.05. The molecule has 0 radical (unpaired) electrons. The van der Waals surface area contributed by atoms with Crippen LogP contribution in [-0.2, 0) is 0 Å². The third kappa shape index (κ3) is 3.33. The Kier molecular flexibility index (Phi) is 4.42. The van der Waals surface area contributed by atoms with Crippen LogP contribution in [0.1, 0.15) is 56.2 Å². The summed E-state index contributed by atoms with van der Waals surface area (Å²) in [7, 11) is 0. The SMILES string of the molecule is CCCNC(CCC1CC1)c1cscc1C. The van der Waals surface area contributed by atoms with Crippen LogP contribution in [-0.4, -0.2) is 6.54 Å². The molecule has 1 atom stereocenters. The van der Waals surface area contributed by atoms with Gasteiger partial charge in [0.05, 0.1) is 0 Å². The lowest BCUT2D eigenvalue weighted by Crippen LogP contribution is -2.22. The van der Waals surface area contributed by atoms with Crippen molar-refractivity contribution in [2.45, 2.75) is 52.0 Å². The molecule has 1 fully saturated rings. The standard InChI is InChI=1S/C14H23NS/c1-3-8-15-14(7-6-12-4-5-12)13-10-16-9-11(13)2/h9-10,12,14-15H,3-8H2,1-2H3. The lowest BCUT2D eigenvalue weighted by molar-refractivity contribution is 0.469. The number of thiophene rings is 1. The fourth-order valence-electron chi connectivity index (χ4n) is 2.22. The van der Waals surface area contributed by atoms with E-state index in [1.807, 2.05) is 11.3 Å². The van der Waals surface area contributed by atoms with E-state index in [0.717, 1.165) is 12.5 Å². The molecule has 90 valence electrons. The maximum atomic E-state index is 3.70. The van der Waals surface area contributed by atoms with E-state index in [0.29, 0.717) is 6.04 Å². The third-order valence-corrected chi connectivity index (χ3v) is 4.35.